The van der Waals surface area contributed by atoms with Gasteiger partial charge in [-0.2, -0.15) is 0 Å². The highest BCUT2D eigenvalue weighted by Crippen LogP contribution is 2.38. The minimum absolute atomic E-state index is 0.347. The van der Waals surface area contributed by atoms with Gasteiger partial charge in [0.05, 0.1) is 5.92 Å². The molecule has 1 unspecified atom stereocenters. The van der Waals surface area contributed by atoms with Crippen LogP contribution in [0.1, 0.15) is 49.0 Å². The highest BCUT2D eigenvalue weighted by atomic mass is 15.3. The van der Waals surface area contributed by atoms with Gasteiger partial charge in [-0.3, -0.25) is 0 Å². The molecule has 1 fully saturated rings. The predicted molar refractivity (Wildman–Crippen MR) is 74.3 cm³/mol. The van der Waals surface area contributed by atoms with E-state index in [-0.39, 0.29) is 0 Å². The van der Waals surface area contributed by atoms with Gasteiger partial charge < -0.3 is 9.88 Å². The number of nitrogens with zero attached hydrogens (tertiary/aromatic N) is 3. The van der Waals surface area contributed by atoms with Crippen LogP contribution in [0.25, 0.3) is 0 Å². The number of anilines is 1. The van der Waals surface area contributed by atoms with E-state index in [4.69, 9.17) is 0 Å². The summed E-state index contributed by atoms with van der Waals surface area (Å²) >= 11 is 0. The Morgan fingerprint density at radius 3 is 2.89 bits per heavy atom. The Morgan fingerprint density at radius 1 is 1.16 bits per heavy atom. The van der Waals surface area contributed by atoms with Crippen molar-refractivity contribution in [3.8, 4) is 0 Å². The summed E-state index contributed by atoms with van der Waals surface area (Å²) in [5, 5.41) is 12.1. The van der Waals surface area contributed by atoms with Crippen molar-refractivity contribution in [2.24, 2.45) is 0 Å². The summed E-state index contributed by atoms with van der Waals surface area (Å²) in [4.78, 5) is 0. The average Bonchev–Trinajstić information content (AvgIpc) is 3.17. The molecule has 4 heteroatoms. The topological polar surface area (TPSA) is 42.7 Å². The molecule has 0 amide bonds. The van der Waals surface area contributed by atoms with E-state index in [0.29, 0.717) is 12.0 Å². The van der Waals surface area contributed by atoms with Crippen LogP contribution in [-0.2, 0) is 0 Å². The summed E-state index contributed by atoms with van der Waals surface area (Å²) in [5.74, 6) is 1.48. The van der Waals surface area contributed by atoms with E-state index in [1.54, 1.807) is 0 Å². The summed E-state index contributed by atoms with van der Waals surface area (Å²) in [5.41, 5.74) is 2.60. The summed E-state index contributed by atoms with van der Waals surface area (Å²) in [7, 11) is 0. The smallest absolute Gasteiger partial charge is 0.142 e. The van der Waals surface area contributed by atoms with Gasteiger partial charge in [0.2, 0.25) is 0 Å². The van der Waals surface area contributed by atoms with E-state index in [1.807, 2.05) is 6.33 Å². The normalized spacial score (nSPS) is 22.4. The molecule has 4 nitrogen and oxygen atoms in total. The number of aromatic nitrogens is 3. The van der Waals surface area contributed by atoms with Crippen molar-refractivity contribution in [1.29, 1.82) is 0 Å². The molecule has 1 aliphatic carbocycles. The lowest BCUT2D eigenvalue weighted by atomic mass is 10.00. The van der Waals surface area contributed by atoms with Crippen molar-refractivity contribution in [2.75, 3.05) is 11.9 Å². The summed E-state index contributed by atoms with van der Waals surface area (Å²) in [6, 6.07) is 9.14. The molecule has 1 N–H and O–H groups in total. The van der Waals surface area contributed by atoms with Gasteiger partial charge in [-0.1, -0.05) is 31.0 Å². The van der Waals surface area contributed by atoms with Crippen LogP contribution < -0.4 is 5.32 Å². The quantitative estimate of drug-likeness (QED) is 0.896. The van der Waals surface area contributed by atoms with E-state index < -0.39 is 0 Å². The van der Waals surface area contributed by atoms with Crippen LogP contribution in [0.15, 0.2) is 30.6 Å². The van der Waals surface area contributed by atoms with Crippen molar-refractivity contribution in [2.45, 2.75) is 37.6 Å². The number of rotatable bonds is 2. The van der Waals surface area contributed by atoms with Crippen molar-refractivity contribution in [3.05, 3.63) is 42.0 Å². The maximum Gasteiger partial charge on any atom is 0.142 e. The van der Waals surface area contributed by atoms with Crippen LogP contribution in [0.5, 0.6) is 0 Å². The molecule has 98 valence electrons. The zero-order chi connectivity index (χ0) is 12.7. The number of hydrogen-bond acceptors (Lipinski definition) is 3. The van der Waals surface area contributed by atoms with Gasteiger partial charge in [-0.25, -0.2) is 0 Å². The van der Waals surface area contributed by atoms with Crippen molar-refractivity contribution < 1.29 is 0 Å². The predicted octanol–water partition coefficient (Wildman–Crippen LogP) is 2.95. The molecular formula is C15H18N4. The van der Waals surface area contributed by atoms with E-state index in [1.165, 1.54) is 36.9 Å². The first-order valence-corrected chi connectivity index (χ1v) is 7.15. The Morgan fingerprint density at radius 2 is 2.00 bits per heavy atom. The highest BCUT2D eigenvalue weighted by Gasteiger charge is 2.30. The monoisotopic (exact) mass is 254 g/mol. The van der Waals surface area contributed by atoms with E-state index in [0.717, 1.165) is 12.4 Å². The van der Waals surface area contributed by atoms with Crippen LogP contribution >= 0.6 is 0 Å². The lowest BCUT2D eigenvalue weighted by molar-refractivity contribution is 0.490. The van der Waals surface area contributed by atoms with Gasteiger partial charge in [0, 0.05) is 18.3 Å². The molecule has 0 bridgehead atoms. The van der Waals surface area contributed by atoms with Crippen LogP contribution in [0, 0.1) is 0 Å². The highest BCUT2D eigenvalue weighted by molar-refractivity contribution is 5.59. The lowest BCUT2D eigenvalue weighted by Crippen LogP contribution is -2.14. The summed E-state index contributed by atoms with van der Waals surface area (Å²) in [6.07, 6.45) is 7.13. The molecule has 0 radical (unpaired) electrons. The first kappa shape index (κ1) is 11.0. The Bertz CT molecular complexity index is 583. The fraction of sp³-hybridized carbons (Fsp3) is 0.467. The van der Waals surface area contributed by atoms with Gasteiger partial charge in [-0.05, 0) is 24.5 Å². The van der Waals surface area contributed by atoms with Gasteiger partial charge in [0.1, 0.15) is 12.2 Å². The zero-order valence-corrected chi connectivity index (χ0v) is 10.9. The molecule has 2 aliphatic rings. The number of fused-ring (bicyclic) bond motifs is 1. The minimum atomic E-state index is 0.347. The van der Waals surface area contributed by atoms with E-state index >= 15 is 0 Å². The molecular weight excluding hydrogens is 236 g/mol. The molecule has 2 aromatic rings. The maximum atomic E-state index is 4.41. The molecule has 2 heterocycles. The SMILES string of the molecule is c1ccc2c(c1)NCC2c1nncn1C1CCCC1. The second kappa shape index (κ2) is 4.37. The molecule has 1 atom stereocenters. The number of para-hydroxylation sites is 1. The van der Waals surface area contributed by atoms with Gasteiger partial charge in [0.25, 0.3) is 0 Å². The number of hydrogen-bond donors (Lipinski definition) is 1. The van der Waals surface area contributed by atoms with Gasteiger partial charge in [-0.15, -0.1) is 10.2 Å². The molecule has 0 saturated heterocycles. The fourth-order valence-corrected chi connectivity index (χ4v) is 3.48. The van der Waals surface area contributed by atoms with Gasteiger partial charge >= 0.3 is 0 Å². The molecule has 19 heavy (non-hydrogen) atoms. The Kier molecular flexibility index (Phi) is 2.53. The van der Waals surface area contributed by atoms with Crippen LogP contribution in [0.2, 0.25) is 0 Å². The molecule has 1 aromatic heterocycles. The molecule has 1 aliphatic heterocycles. The van der Waals surface area contributed by atoms with Gasteiger partial charge in [0.15, 0.2) is 0 Å². The first-order valence-electron chi connectivity index (χ1n) is 7.15. The van der Waals surface area contributed by atoms with Crippen molar-refractivity contribution >= 4 is 5.69 Å². The Labute approximate surface area is 112 Å². The van der Waals surface area contributed by atoms with E-state index in [9.17, 15) is 0 Å². The molecule has 1 saturated carbocycles. The Balaban J connectivity index is 1.72. The van der Waals surface area contributed by atoms with Crippen LogP contribution in [-0.4, -0.2) is 21.3 Å². The standard InChI is InChI=1S/C15H18N4/c1-2-6-11(5-1)19-10-17-18-15(19)13-9-16-14-8-4-3-7-12(13)14/h3-4,7-8,10-11,13,16H,1-2,5-6,9H2. The minimum Gasteiger partial charge on any atom is -0.384 e. The van der Waals surface area contributed by atoms with Crippen LogP contribution in [0.4, 0.5) is 5.69 Å². The first-order chi connectivity index (χ1) is 9.43. The molecule has 4 rings (SSSR count). The third-order valence-electron chi connectivity index (χ3n) is 4.46. The lowest BCUT2D eigenvalue weighted by Gasteiger charge is -2.17. The third kappa shape index (κ3) is 1.74. The summed E-state index contributed by atoms with van der Waals surface area (Å²) < 4.78 is 2.32. The number of benzene rings is 1. The average molecular weight is 254 g/mol. The second-order valence-electron chi connectivity index (χ2n) is 5.56. The maximum absolute atomic E-state index is 4.41. The van der Waals surface area contributed by atoms with Crippen molar-refractivity contribution in [1.82, 2.24) is 14.8 Å². The van der Waals surface area contributed by atoms with E-state index in [2.05, 4.69) is 44.3 Å². The Hall–Kier alpha value is -1.84. The number of nitrogens with one attached hydrogen (secondary N) is 1. The molecule has 1 aromatic carbocycles. The molecule has 0 spiro atoms. The second-order valence-corrected chi connectivity index (χ2v) is 5.56. The zero-order valence-electron chi connectivity index (χ0n) is 10.9. The third-order valence-corrected chi connectivity index (χ3v) is 4.46. The summed E-state index contributed by atoms with van der Waals surface area (Å²) in [6.45, 7) is 0.935. The largest absolute Gasteiger partial charge is 0.384 e. The fourth-order valence-electron chi connectivity index (χ4n) is 3.48. The van der Waals surface area contributed by atoms with Crippen molar-refractivity contribution in [3.63, 3.8) is 0 Å². The van der Waals surface area contributed by atoms with Crippen LogP contribution in [0.3, 0.4) is 0 Å².